The predicted octanol–water partition coefficient (Wildman–Crippen LogP) is 1.05. The molecule has 1 aromatic heterocycles. The first-order valence-electron chi connectivity index (χ1n) is 8.17. The van der Waals surface area contributed by atoms with Crippen molar-refractivity contribution in [3.8, 4) is 0 Å². The van der Waals surface area contributed by atoms with Gasteiger partial charge in [-0.3, -0.25) is 9.58 Å². The van der Waals surface area contributed by atoms with Crippen LogP contribution in [0.5, 0.6) is 0 Å². The Kier molecular flexibility index (Phi) is 4.84. The van der Waals surface area contributed by atoms with Gasteiger partial charge in [0.1, 0.15) is 0 Å². The van der Waals surface area contributed by atoms with E-state index in [9.17, 15) is 8.42 Å². The highest BCUT2D eigenvalue weighted by atomic mass is 32.2. The number of hydrogen-bond donors (Lipinski definition) is 1. The van der Waals surface area contributed by atoms with Crippen LogP contribution in [0.4, 0.5) is 0 Å². The van der Waals surface area contributed by atoms with Crippen LogP contribution in [0.1, 0.15) is 31.4 Å². The maximum absolute atomic E-state index is 11.4. The summed E-state index contributed by atoms with van der Waals surface area (Å²) in [6.45, 7) is 4.25. The molecule has 3 rings (SSSR count). The average Bonchev–Trinajstić information content (AvgIpc) is 3.05. The summed E-state index contributed by atoms with van der Waals surface area (Å²) in [7, 11) is -3.14. The molecule has 0 aromatic carbocycles. The summed E-state index contributed by atoms with van der Waals surface area (Å²) in [5.74, 6) is 1.07. The highest BCUT2D eigenvalue weighted by Gasteiger charge is 2.26. The third-order valence-corrected chi connectivity index (χ3v) is 5.45. The number of rotatable bonds is 5. The van der Waals surface area contributed by atoms with Crippen molar-refractivity contribution in [1.29, 1.82) is 0 Å². The van der Waals surface area contributed by atoms with Crippen molar-refractivity contribution in [2.45, 2.75) is 38.8 Å². The molecule has 1 aliphatic heterocycles. The van der Waals surface area contributed by atoms with Gasteiger partial charge in [-0.1, -0.05) is 12.8 Å². The highest BCUT2D eigenvalue weighted by molar-refractivity contribution is 7.88. The summed E-state index contributed by atoms with van der Waals surface area (Å²) in [4.78, 5) is 2.49. The van der Waals surface area contributed by atoms with Gasteiger partial charge in [-0.05, 0) is 24.8 Å². The van der Waals surface area contributed by atoms with Crippen molar-refractivity contribution in [1.82, 2.24) is 19.4 Å². The van der Waals surface area contributed by atoms with Crippen LogP contribution in [-0.2, 0) is 23.1 Å². The van der Waals surface area contributed by atoms with Crippen LogP contribution >= 0.6 is 0 Å². The van der Waals surface area contributed by atoms with Gasteiger partial charge < -0.3 is 0 Å². The van der Waals surface area contributed by atoms with E-state index in [-0.39, 0.29) is 5.92 Å². The number of hydrogen-bond acceptors (Lipinski definition) is 4. The van der Waals surface area contributed by atoms with Crippen LogP contribution in [0.25, 0.3) is 0 Å². The summed E-state index contributed by atoms with van der Waals surface area (Å²) in [6, 6.07) is 2.08. The second-order valence-corrected chi connectivity index (χ2v) is 8.67. The van der Waals surface area contributed by atoms with E-state index in [2.05, 4.69) is 20.8 Å². The van der Waals surface area contributed by atoms with Crippen LogP contribution in [0.3, 0.4) is 0 Å². The van der Waals surface area contributed by atoms with E-state index in [1.54, 1.807) is 0 Å². The molecule has 0 amide bonds. The third kappa shape index (κ3) is 4.30. The third-order valence-electron chi connectivity index (χ3n) is 4.76. The topological polar surface area (TPSA) is 67.2 Å². The van der Waals surface area contributed by atoms with E-state index in [1.165, 1.54) is 37.6 Å². The van der Waals surface area contributed by atoms with Crippen LogP contribution in [-0.4, -0.2) is 49.0 Å². The molecule has 0 saturated heterocycles. The van der Waals surface area contributed by atoms with E-state index in [0.29, 0.717) is 6.54 Å². The maximum Gasteiger partial charge on any atom is 0.208 e. The Morgan fingerprint density at radius 2 is 2.05 bits per heavy atom. The molecule has 0 bridgehead atoms. The van der Waals surface area contributed by atoms with E-state index in [4.69, 9.17) is 0 Å². The van der Waals surface area contributed by atoms with Crippen molar-refractivity contribution in [2.75, 3.05) is 25.9 Å². The van der Waals surface area contributed by atoms with Gasteiger partial charge >= 0.3 is 0 Å². The Labute approximate surface area is 132 Å². The summed E-state index contributed by atoms with van der Waals surface area (Å²) >= 11 is 0. The summed E-state index contributed by atoms with van der Waals surface area (Å²) in [6.07, 6.45) is 8.45. The molecular weight excluding hydrogens is 300 g/mol. The molecule has 22 heavy (non-hydrogen) atoms. The van der Waals surface area contributed by atoms with Crippen molar-refractivity contribution in [2.24, 2.45) is 11.8 Å². The van der Waals surface area contributed by atoms with Gasteiger partial charge in [-0.15, -0.1) is 0 Å². The molecule has 1 aliphatic carbocycles. The molecule has 1 unspecified atom stereocenters. The first-order valence-corrected chi connectivity index (χ1v) is 10.1. The molecule has 1 N–H and O–H groups in total. The second kappa shape index (κ2) is 6.68. The molecule has 0 radical (unpaired) electrons. The van der Waals surface area contributed by atoms with Crippen LogP contribution in [0.15, 0.2) is 12.3 Å². The van der Waals surface area contributed by atoms with Crippen molar-refractivity contribution >= 4 is 10.0 Å². The lowest BCUT2D eigenvalue weighted by atomic mass is 10.1. The van der Waals surface area contributed by atoms with Crippen LogP contribution < -0.4 is 4.72 Å². The summed E-state index contributed by atoms with van der Waals surface area (Å²) in [5.41, 5.74) is 1.24. The largest absolute Gasteiger partial charge is 0.297 e. The standard InChI is InChI=1S/C15H26N4O2S/c1-22(20,21)17-8-14-10-18(9-13-4-2-3-5-13)12-15-6-7-16-19(15)11-14/h6-7,13-14,17H,2-5,8-12H2,1H3. The minimum absolute atomic E-state index is 0.261. The molecule has 124 valence electrons. The van der Waals surface area contributed by atoms with E-state index < -0.39 is 10.0 Å². The lowest BCUT2D eigenvalue weighted by molar-refractivity contribution is 0.197. The molecule has 2 heterocycles. The fourth-order valence-electron chi connectivity index (χ4n) is 3.72. The fourth-order valence-corrected chi connectivity index (χ4v) is 4.25. The molecule has 0 spiro atoms. The summed E-state index contributed by atoms with van der Waals surface area (Å²) in [5, 5.41) is 4.39. The minimum Gasteiger partial charge on any atom is -0.297 e. The fraction of sp³-hybridized carbons (Fsp3) is 0.800. The zero-order valence-electron chi connectivity index (χ0n) is 13.2. The highest BCUT2D eigenvalue weighted by Crippen LogP contribution is 2.27. The average molecular weight is 326 g/mol. The maximum atomic E-state index is 11.4. The normalized spacial score (nSPS) is 24.3. The Balaban J connectivity index is 1.68. The van der Waals surface area contributed by atoms with Crippen molar-refractivity contribution in [3.63, 3.8) is 0 Å². The number of nitrogens with zero attached hydrogens (tertiary/aromatic N) is 3. The van der Waals surface area contributed by atoms with Gasteiger partial charge in [0.2, 0.25) is 10.0 Å². The molecular formula is C15H26N4O2S. The van der Waals surface area contributed by atoms with Gasteiger partial charge in [0.05, 0.1) is 11.9 Å². The molecule has 1 saturated carbocycles. The van der Waals surface area contributed by atoms with E-state index in [1.807, 2.05) is 10.9 Å². The minimum atomic E-state index is -3.14. The molecule has 6 nitrogen and oxygen atoms in total. The van der Waals surface area contributed by atoms with Crippen molar-refractivity contribution in [3.05, 3.63) is 18.0 Å². The van der Waals surface area contributed by atoms with Gasteiger partial charge in [0.15, 0.2) is 0 Å². The molecule has 1 atom stereocenters. The lowest BCUT2D eigenvalue weighted by Gasteiger charge is -2.26. The second-order valence-electron chi connectivity index (χ2n) is 6.84. The Morgan fingerprint density at radius 3 is 2.77 bits per heavy atom. The predicted molar refractivity (Wildman–Crippen MR) is 85.8 cm³/mol. The number of aromatic nitrogens is 2. The number of sulfonamides is 1. The zero-order chi connectivity index (χ0) is 15.6. The van der Waals surface area contributed by atoms with Crippen LogP contribution in [0, 0.1) is 11.8 Å². The summed E-state index contributed by atoms with van der Waals surface area (Å²) < 4.78 is 27.4. The van der Waals surface area contributed by atoms with Gasteiger partial charge in [0.25, 0.3) is 0 Å². The molecule has 2 aliphatic rings. The molecule has 1 fully saturated rings. The smallest absolute Gasteiger partial charge is 0.208 e. The lowest BCUT2D eigenvalue weighted by Crippen LogP contribution is -2.37. The zero-order valence-corrected chi connectivity index (χ0v) is 14.1. The van der Waals surface area contributed by atoms with Gasteiger partial charge in [0, 0.05) is 44.8 Å². The first kappa shape index (κ1) is 16.0. The molecule has 1 aromatic rings. The van der Waals surface area contributed by atoms with Gasteiger partial charge in [-0.25, -0.2) is 13.1 Å². The van der Waals surface area contributed by atoms with E-state index >= 15 is 0 Å². The van der Waals surface area contributed by atoms with Crippen LogP contribution in [0.2, 0.25) is 0 Å². The quantitative estimate of drug-likeness (QED) is 0.878. The SMILES string of the molecule is CS(=O)(=O)NCC1CN(CC2CCCC2)Cc2ccnn2C1. The Bertz CT molecular complexity index is 592. The first-order chi connectivity index (χ1) is 10.5. The number of nitrogens with one attached hydrogen (secondary N) is 1. The van der Waals surface area contributed by atoms with E-state index in [0.717, 1.165) is 32.1 Å². The Hall–Kier alpha value is -0.920. The van der Waals surface area contributed by atoms with Gasteiger partial charge in [-0.2, -0.15) is 5.10 Å². The monoisotopic (exact) mass is 326 g/mol. The molecule has 7 heteroatoms. The Morgan fingerprint density at radius 1 is 1.27 bits per heavy atom. The van der Waals surface area contributed by atoms with Crippen molar-refractivity contribution < 1.29 is 8.42 Å². The number of fused-ring (bicyclic) bond motifs is 1.